The summed E-state index contributed by atoms with van der Waals surface area (Å²) < 4.78 is 16.9. The highest BCUT2D eigenvalue weighted by Crippen LogP contribution is 2.30. The Morgan fingerprint density at radius 3 is 3.14 bits per heavy atom. The summed E-state index contributed by atoms with van der Waals surface area (Å²) in [6.45, 7) is 6.54. The normalized spacial score (nSPS) is 29.0. The number of aromatic nitrogens is 1. The van der Waals surface area contributed by atoms with Gasteiger partial charge in [-0.05, 0) is 26.2 Å². The Labute approximate surface area is 130 Å². The maximum atomic E-state index is 12.7. The molecule has 2 aliphatic rings. The van der Waals surface area contributed by atoms with Crippen LogP contribution in [0.25, 0.3) is 0 Å². The highest BCUT2D eigenvalue weighted by atomic mass is 16.6. The molecule has 3 heterocycles. The van der Waals surface area contributed by atoms with E-state index in [1.165, 1.54) is 0 Å². The van der Waals surface area contributed by atoms with E-state index in [9.17, 15) is 4.79 Å². The molecule has 0 N–H and O–H groups in total. The Hall–Kier alpha value is -1.40. The highest BCUT2D eigenvalue weighted by molar-refractivity contribution is 5.92. The smallest absolute Gasteiger partial charge is 0.276 e. The minimum atomic E-state index is -0.360. The molecular weight excluding hydrogens is 284 g/mol. The van der Waals surface area contributed by atoms with Crippen molar-refractivity contribution >= 4 is 5.91 Å². The van der Waals surface area contributed by atoms with Gasteiger partial charge in [0.15, 0.2) is 5.69 Å². The molecule has 2 fully saturated rings. The number of aryl methyl sites for hydroxylation is 1. The topological polar surface area (TPSA) is 64.8 Å². The van der Waals surface area contributed by atoms with Crippen LogP contribution in [0.4, 0.5) is 0 Å². The standard InChI is InChI=1S/C16H24N2O4/c1-3-5-13-8-14(17-22-13)15(19)18-9-12(2)21-16(10-18)6-4-7-20-11-16/h8,12H,3-7,9-11H2,1-2H3. The Morgan fingerprint density at radius 2 is 2.41 bits per heavy atom. The lowest BCUT2D eigenvalue weighted by atomic mass is 9.93. The molecule has 1 spiro atoms. The monoisotopic (exact) mass is 308 g/mol. The molecule has 1 aromatic heterocycles. The Kier molecular flexibility index (Phi) is 4.49. The third kappa shape index (κ3) is 3.17. The molecule has 6 nitrogen and oxygen atoms in total. The van der Waals surface area contributed by atoms with E-state index in [1.54, 1.807) is 6.07 Å². The van der Waals surface area contributed by atoms with Crippen molar-refractivity contribution in [3.8, 4) is 0 Å². The molecule has 0 bridgehead atoms. The van der Waals surface area contributed by atoms with Crippen molar-refractivity contribution in [1.82, 2.24) is 10.1 Å². The van der Waals surface area contributed by atoms with E-state index in [1.807, 2.05) is 11.8 Å². The Morgan fingerprint density at radius 1 is 1.55 bits per heavy atom. The van der Waals surface area contributed by atoms with Crippen LogP contribution in [0.1, 0.15) is 49.4 Å². The third-order valence-corrected chi connectivity index (χ3v) is 4.26. The largest absolute Gasteiger partial charge is 0.378 e. The average Bonchev–Trinajstić information content (AvgIpc) is 2.95. The number of hydrogen-bond acceptors (Lipinski definition) is 5. The van der Waals surface area contributed by atoms with Crippen LogP contribution >= 0.6 is 0 Å². The summed E-state index contributed by atoms with van der Waals surface area (Å²) in [7, 11) is 0. The predicted molar refractivity (Wildman–Crippen MR) is 79.7 cm³/mol. The van der Waals surface area contributed by atoms with Crippen LogP contribution < -0.4 is 0 Å². The quantitative estimate of drug-likeness (QED) is 0.855. The number of amides is 1. The van der Waals surface area contributed by atoms with Gasteiger partial charge in [-0.25, -0.2) is 0 Å². The molecule has 0 aromatic carbocycles. The maximum Gasteiger partial charge on any atom is 0.276 e. The molecular formula is C16H24N2O4. The zero-order valence-electron chi connectivity index (χ0n) is 13.3. The Bertz CT molecular complexity index is 522. The van der Waals surface area contributed by atoms with E-state index >= 15 is 0 Å². The molecule has 0 aliphatic carbocycles. The van der Waals surface area contributed by atoms with Crippen molar-refractivity contribution in [2.24, 2.45) is 0 Å². The van der Waals surface area contributed by atoms with Crippen molar-refractivity contribution in [1.29, 1.82) is 0 Å². The minimum Gasteiger partial charge on any atom is -0.378 e. The Balaban J connectivity index is 1.73. The van der Waals surface area contributed by atoms with E-state index in [4.69, 9.17) is 14.0 Å². The van der Waals surface area contributed by atoms with Gasteiger partial charge in [0.1, 0.15) is 11.4 Å². The summed E-state index contributed by atoms with van der Waals surface area (Å²) in [6.07, 6.45) is 3.68. The number of carbonyl (C=O) groups is 1. The van der Waals surface area contributed by atoms with E-state index < -0.39 is 0 Å². The van der Waals surface area contributed by atoms with Crippen LogP contribution in [0.15, 0.2) is 10.6 Å². The van der Waals surface area contributed by atoms with Crippen LogP contribution in [0.3, 0.4) is 0 Å². The lowest BCUT2D eigenvalue weighted by Gasteiger charge is -2.47. The lowest BCUT2D eigenvalue weighted by Crippen LogP contribution is -2.59. The first kappa shape index (κ1) is 15.5. The number of carbonyl (C=O) groups excluding carboxylic acids is 1. The van der Waals surface area contributed by atoms with Gasteiger partial charge in [0.2, 0.25) is 0 Å². The van der Waals surface area contributed by atoms with Crippen LogP contribution in [-0.4, -0.2) is 54.0 Å². The van der Waals surface area contributed by atoms with Crippen LogP contribution in [0.2, 0.25) is 0 Å². The lowest BCUT2D eigenvalue weighted by molar-refractivity contribution is -0.188. The molecule has 2 saturated heterocycles. The molecule has 0 saturated carbocycles. The van der Waals surface area contributed by atoms with Crippen molar-refractivity contribution in [3.63, 3.8) is 0 Å². The summed E-state index contributed by atoms with van der Waals surface area (Å²) in [5.41, 5.74) is 0.0334. The molecule has 2 atom stereocenters. The average molecular weight is 308 g/mol. The van der Waals surface area contributed by atoms with Gasteiger partial charge in [-0.15, -0.1) is 0 Å². The number of morpholine rings is 1. The van der Waals surface area contributed by atoms with Gasteiger partial charge in [-0.1, -0.05) is 12.1 Å². The molecule has 2 unspecified atom stereocenters. The fourth-order valence-electron chi connectivity index (χ4n) is 3.36. The van der Waals surface area contributed by atoms with E-state index in [0.717, 1.165) is 38.1 Å². The molecule has 2 aliphatic heterocycles. The van der Waals surface area contributed by atoms with Gasteiger partial charge in [-0.2, -0.15) is 0 Å². The molecule has 6 heteroatoms. The summed E-state index contributed by atoms with van der Waals surface area (Å²) in [5.74, 6) is 0.689. The fraction of sp³-hybridized carbons (Fsp3) is 0.750. The first-order valence-corrected chi connectivity index (χ1v) is 8.12. The van der Waals surface area contributed by atoms with Crippen LogP contribution in [0.5, 0.6) is 0 Å². The summed E-state index contributed by atoms with van der Waals surface area (Å²) >= 11 is 0. The van der Waals surface area contributed by atoms with Gasteiger partial charge >= 0.3 is 0 Å². The molecule has 1 amide bonds. The second kappa shape index (κ2) is 6.38. The summed E-state index contributed by atoms with van der Waals surface area (Å²) in [4.78, 5) is 14.5. The number of ether oxygens (including phenoxy) is 2. The first-order chi connectivity index (χ1) is 10.6. The fourth-order valence-corrected chi connectivity index (χ4v) is 3.36. The van der Waals surface area contributed by atoms with Gasteiger partial charge in [0, 0.05) is 25.6 Å². The van der Waals surface area contributed by atoms with Gasteiger partial charge in [0.25, 0.3) is 5.91 Å². The van der Waals surface area contributed by atoms with Crippen molar-refractivity contribution in [3.05, 3.63) is 17.5 Å². The second-order valence-electron chi connectivity index (χ2n) is 6.38. The maximum absolute atomic E-state index is 12.7. The van der Waals surface area contributed by atoms with Gasteiger partial charge in [0.05, 0.1) is 19.3 Å². The van der Waals surface area contributed by atoms with Crippen LogP contribution in [-0.2, 0) is 15.9 Å². The minimum absolute atomic E-state index is 0.00131. The molecule has 1 aromatic rings. The number of rotatable bonds is 3. The highest BCUT2D eigenvalue weighted by Gasteiger charge is 2.43. The zero-order valence-corrected chi connectivity index (χ0v) is 13.3. The molecule has 122 valence electrons. The van der Waals surface area contributed by atoms with E-state index in [-0.39, 0.29) is 17.6 Å². The number of hydrogen-bond donors (Lipinski definition) is 0. The molecule has 22 heavy (non-hydrogen) atoms. The van der Waals surface area contributed by atoms with Crippen molar-refractivity contribution in [2.75, 3.05) is 26.3 Å². The SMILES string of the molecule is CCCc1cc(C(=O)N2CC(C)OC3(CCCOC3)C2)no1. The zero-order chi connectivity index (χ0) is 15.6. The second-order valence-corrected chi connectivity index (χ2v) is 6.38. The van der Waals surface area contributed by atoms with E-state index in [0.29, 0.717) is 25.4 Å². The van der Waals surface area contributed by atoms with E-state index in [2.05, 4.69) is 12.1 Å². The van der Waals surface area contributed by atoms with Crippen LogP contribution in [0, 0.1) is 0 Å². The first-order valence-electron chi connectivity index (χ1n) is 8.12. The van der Waals surface area contributed by atoms with Gasteiger partial charge in [-0.3, -0.25) is 4.79 Å². The predicted octanol–water partition coefficient (Wildman–Crippen LogP) is 2.04. The molecule has 0 radical (unpaired) electrons. The summed E-state index contributed by atoms with van der Waals surface area (Å²) in [5, 5.41) is 3.93. The molecule has 3 rings (SSSR count). The van der Waals surface area contributed by atoms with Crippen molar-refractivity contribution in [2.45, 2.75) is 51.2 Å². The third-order valence-electron chi connectivity index (χ3n) is 4.26. The summed E-state index contributed by atoms with van der Waals surface area (Å²) in [6, 6.07) is 1.76. The number of nitrogens with zero attached hydrogens (tertiary/aromatic N) is 2. The van der Waals surface area contributed by atoms with Crippen molar-refractivity contribution < 1.29 is 18.8 Å². The van der Waals surface area contributed by atoms with Gasteiger partial charge < -0.3 is 18.9 Å².